The summed E-state index contributed by atoms with van der Waals surface area (Å²) in [6, 6.07) is 0.0132. The van der Waals surface area contributed by atoms with Crippen molar-refractivity contribution in [3.05, 3.63) is 0 Å². The molecule has 19 heavy (non-hydrogen) atoms. The van der Waals surface area contributed by atoms with Crippen molar-refractivity contribution in [2.24, 2.45) is 5.92 Å². The van der Waals surface area contributed by atoms with E-state index in [4.69, 9.17) is 0 Å². The van der Waals surface area contributed by atoms with Gasteiger partial charge in [-0.3, -0.25) is 10.1 Å². The molecule has 0 aliphatic carbocycles. The molecule has 0 bridgehead atoms. The molecule has 3 nitrogen and oxygen atoms in total. The zero-order chi connectivity index (χ0) is 14.6. The highest BCUT2D eigenvalue weighted by Gasteiger charge is 2.42. The van der Waals surface area contributed by atoms with Gasteiger partial charge in [0.25, 0.3) is 0 Å². The van der Waals surface area contributed by atoms with Crippen molar-refractivity contribution < 1.29 is 4.79 Å². The largest absolute Gasteiger partial charge is 0.324 e. The minimum atomic E-state index is 0.0132. The summed E-state index contributed by atoms with van der Waals surface area (Å²) in [5.41, 5.74) is 0. The van der Waals surface area contributed by atoms with Gasteiger partial charge in [0.05, 0.1) is 12.2 Å². The van der Waals surface area contributed by atoms with Gasteiger partial charge in [0, 0.05) is 11.3 Å². The Bertz CT molecular complexity index is 307. The normalized spacial score (nSPS) is 26.0. The zero-order valence-electron chi connectivity index (χ0n) is 13.3. The molecule has 0 spiro atoms. The van der Waals surface area contributed by atoms with Crippen LogP contribution in [0.2, 0.25) is 0 Å². The predicted octanol–water partition coefficient (Wildman–Crippen LogP) is 3.10. The molecule has 1 amide bonds. The molecule has 1 aliphatic heterocycles. The van der Waals surface area contributed by atoms with Gasteiger partial charge in [-0.1, -0.05) is 33.6 Å². The molecule has 1 saturated heterocycles. The van der Waals surface area contributed by atoms with Crippen LogP contribution >= 0.6 is 11.8 Å². The lowest BCUT2D eigenvalue weighted by Crippen LogP contribution is -2.44. The van der Waals surface area contributed by atoms with Crippen molar-refractivity contribution in [1.29, 1.82) is 0 Å². The topological polar surface area (TPSA) is 32.3 Å². The molecule has 1 rings (SSSR count). The van der Waals surface area contributed by atoms with Crippen LogP contribution in [0, 0.1) is 5.92 Å². The van der Waals surface area contributed by atoms with E-state index in [0.717, 1.165) is 25.8 Å². The fourth-order valence-electron chi connectivity index (χ4n) is 2.52. The van der Waals surface area contributed by atoms with Gasteiger partial charge in [-0.2, -0.15) is 11.8 Å². The van der Waals surface area contributed by atoms with Gasteiger partial charge in [-0.15, -0.1) is 0 Å². The van der Waals surface area contributed by atoms with Crippen LogP contribution in [0.25, 0.3) is 0 Å². The van der Waals surface area contributed by atoms with Crippen LogP contribution in [0.15, 0.2) is 0 Å². The van der Waals surface area contributed by atoms with E-state index in [-0.39, 0.29) is 17.0 Å². The van der Waals surface area contributed by atoms with Crippen LogP contribution in [0.4, 0.5) is 0 Å². The van der Waals surface area contributed by atoms with Gasteiger partial charge >= 0.3 is 0 Å². The molecular formula is C15H30N2OS. The first kappa shape index (κ1) is 16.8. The molecule has 1 N–H and O–H groups in total. The molecule has 112 valence electrons. The van der Waals surface area contributed by atoms with Gasteiger partial charge in [0.1, 0.15) is 0 Å². The SMILES string of the molecule is CCCC1NC(C(C)CC)C(=O)N1CC(C)(C)SC. The Hall–Kier alpha value is -0.220. The Labute approximate surface area is 122 Å². The van der Waals surface area contributed by atoms with E-state index in [2.05, 4.69) is 51.1 Å². The van der Waals surface area contributed by atoms with Crippen LogP contribution in [0.1, 0.15) is 53.9 Å². The van der Waals surface area contributed by atoms with Crippen molar-refractivity contribution in [2.45, 2.75) is 70.8 Å². The number of thioether (sulfide) groups is 1. The maximum atomic E-state index is 12.6. The molecule has 3 atom stereocenters. The molecule has 1 heterocycles. The summed E-state index contributed by atoms with van der Waals surface area (Å²) in [6.07, 6.45) is 5.54. The number of carbonyl (C=O) groups excluding carboxylic acids is 1. The second-order valence-corrected chi connectivity index (χ2v) is 7.78. The quantitative estimate of drug-likeness (QED) is 0.780. The summed E-state index contributed by atoms with van der Waals surface area (Å²) in [5.74, 6) is 0.712. The number of carbonyl (C=O) groups is 1. The van der Waals surface area contributed by atoms with Gasteiger partial charge in [0.15, 0.2) is 0 Å². The Morgan fingerprint density at radius 2 is 2.05 bits per heavy atom. The second-order valence-electron chi connectivity index (χ2n) is 6.26. The summed E-state index contributed by atoms with van der Waals surface area (Å²) in [5, 5.41) is 3.56. The first-order valence-corrected chi connectivity index (χ1v) is 8.70. The smallest absolute Gasteiger partial charge is 0.241 e. The molecular weight excluding hydrogens is 256 g/mol. The minimum absolute atomic E-state index is 0.0132. The number of nitrogens with zero attached hydrogens (tertiary/aromatic N) is 1. The molecule has 0 radical (unpaired) electrons. The van der Waals surface area contributed by atoms with Gasteiger partial charge in [0.2, 0.25) is 5.91 Å². The Balaban J connectivity index is 2.83. The Morgan fingerprint density at radius 1 is 1.42 bits per heavy atom. The third-order valence-electron chi connectivity index (χ3n) is 4.18. The summed E-state index contributed by atoms with van der Waals surface area (Å²) < 4.78 is 0.119. The summed E-state index contributed by atoms with van der Waals surface area (Å²) in [6.45, 7) is 11.8. The summed E-state index contributed by atoms with van der Waals surface area (Å²) >= 11 is 1.83. The zero-order valence-corrected chi connectivity index (χ0v) is 14.1. The Morgan fingerprint density at radius 3 is 2.53 bits per heavy atom. The lowest BCUT2D eigenvalue weighted by molar-refractivity contribution is -0.131. The van der Waals surface area contributed by atoms with Crippen molar-refractivity contribution >= 4 is 17.7 Å². The van der Waals surface area contributed by atoms with Crippen LogP contribution in [-0.4, -0.2) is 40.6 Å². The van der Waals surface area contributed by atoms with Gasteiger partial charge in [-0.05, 0) is 32.4 Å². The summed E-state index contributed by atoms with van der Waals surface area (Å²) in [7, 11) is 0. The van der Waals surface area contributed by atoms with E-state index < -0.39 is 0 Å². The minimum Gasteiger partial charge on any atom is -0.324 e. The van der Waals surface area contributed by atoms with Gasteiger partial charge in [-0.25, -0.2) is 0 Å². The van der Waals surface area contributed by atoms with E-state index in [0.29, 0.717) is 11.8 Å². The first-order chi connectivity index (χ1) is 8.86. The summed E-state index contributed by atoms with van der Waals surface area (Å²) in [4.78, 5) is 14.7. The van der Waals surface area contributed by atoms with Crippen molar-refractivity contribution in [3.63, 3.8) is 0 Å². The number of hydrogen-bond acceptors (Lipinski definition) is 3. The predicted molar refractivity (Wildman–Crippen MR) is 84.4 cm³/mol. The van der Waals surface area contributed by atoms with Crippen LogP contribution in [0.3, 0.4) is 0 Å². The fraction of sp³-hybridized carbons (Fsp3) is 0.933. The molecule has 0 aromatic heterocycles. The van der Waals surface area contributed by atoms with Crippen LogP contribution in [-0.2, 0) is 4.79 Å². The molecule has 3 unspecified atom stereocenters. The lowest BCUT2D eigenvalue weighted by Gasteiger charge is -2.32. The van der Waals surface area contributed by atoms with E-state index in [1.165, 1.54) is 0 Å². The van der Waals surface area contributed by atoms with Crippen molar-refractivity contribution in [1.82, 2.24) is 10.2 Å². The highest BCUT2D eigenvalue weighted by Crippen LogP contribution is 2.28. The maximum absolute atomic E-state index is 12.6. The third kappa shape index (κ3) is 4.12. The van der Waals surface area contributed by atoms with Crippen LogP contribution in [0.5, 0.6) is 0 Å². The molecule has 4 heteroatoms. The monoisotopic (exact) mass is 286 g/mol. The standard InChI is InChI=1S/C15H30N2OS/c1-7-9-12-16-13(11(3)8-2)14(18)17(12)10-15(4,5)19-6/h11-13,16H,7-10H2,1-6H3. The number of hydrogen-bond donors (Lipinski definition) is 1. The number of rotatable bonds is 7. The molecule has 1 aliphatic rings. The van der Waals surface area contributed by atoms with Crippen molar-refractivity contribution in [3.8, 4) is 0 Å². The van der Waals surface area contributed by atoms with E-state index in [1.54, 1.807) is 0 Å². The van der Waals surface area contributed by atoms with E-state index in [9.17, 15) is 4.79 Å². The van der Waals surface area contributed by atoms with E-state index in [1.807, 2.05) is 11.8 Å². The molecule has 0 aromatic rings. The average Bonchev–Trinajstić information content (AvgIpc) is 2.67. The maximum Gasteiger partial charge on any atom is 0.241 e. The molecule has 0 aromatic carbocycles. The van der Waals surface area contributed by atoms with Crippen molar-refractivity contribution in [2.75, 3.05) is 12.8 Å². The van der Waals surface area contributed by atoms with Crippen LogP contribution < -0.4 is 5.32 Å². The Kier molecular flexibility index (Phi) is 6.18. The molecule has 1 fully saturated rings. The first-order valence-electron chi connectivity index (χ1n) is 7.48. The fourth-order valence-corrected chi connectivity index (χ4v) is 2.79. The van der Waals surface area contributed by atoms with E-state index >= 15 is 0 Å². The lowest BCUT2D eigenvalue weighted by atomic mass is 9.99. The number of amides is 1. The highest BCUT2D eigenvalue weighted by atomic mass is 32.2. The molecule has 0 saturated carbocycles. The van der Waals surface area contributed by atoms with Gasteiger partial charge < -0.3 is 4.90 Å². The average molecular weight is 286 g/mol. The third-order valence-corrected chi connectivity index (χ3v) is 5.41. The second kappa shape index (κ2) is 6.98. The highest BCUT2D eigenvalue weighted by molar-refractivity contribution is 7.99. The number of nitrogens with one attached hydrogen (secondary N) is 1.